The second kappa shape index (κ2) is 3.13. The number of aliphatic hydroxyl groups excluding tert-OH is 2. The van der Waals surface area contributed by atoms with Gasteiger partial charge in [-0.2, -0.15) is 0 Å². The maximum absolute atomic E-state index is 12.6. The Labute approximate surface area is 65.9 Å². The molecule has 3 nitrogen and oxygen atoms in total. The smallest absolute Gasteiger partial charge is 0.164 e. The number of hydrogen-bond acceptors (Lipinski definition) is 3. The molecule has 1 rings (SSSR count). The van der Waals surface area contributed by atoms with Gasteiger partial charge in [-0.3, -0.25) is 0 Å². The van der Waals surface area contributed by atoms with Crippen molar-refractivity contribution in [3.63, 3.8) is 0 Å². The van der Waals surface area contributed by atoms with Gasteiger partial charge in [0.2, 0.25) is 0 Å². The normalized spacial score (nSPS) is 48.0. The summed E-state index contributed by atoms with van der Waals surface area (Å²) in [5.74, 6) is 0. The lowest BCUT2D eigenvalue weighted by atomic mass is 10.2. The van der Waals surface area contributed by atoms with Crippen molar-refractivity contribution in [3.05, 3.63) is 0 Å². The van der Waals surface area contributed by atoms with Crippen LogP contribution in [0.1, 0.15) is 0 Å². The zero-order valence-electron chi connectivity index (χ0n) is 5.08. The van der Waals surface area contributed by atoms with Gasteiger partial charge in [0, 0.05) is 0 Å². The molecule has 0 aromatic heterocycles. The van der Waals surface area contributed by atoms with Crippen LogP contribution in [0.15, 0.2) is 0 Å². The van der Waals surface area contributed by atoms with E-state index in [0.29, 0.717) is 0 Å². The molecule has 1 heterocycles. The summed E-state index contributed by atoms with van der Waals surface area (Å²) in [6.45, 7) is -0.357. The Morgan fingerprint density at radius 3 is 2.40 bits per heavy atom. The molecule has 60 valence electrons. The van der Waals surface area contributed by atoms with Crippen LogP contribution >= 0.6 is 15.9 Å². The Bertz CT molecular complexity index is 123. The topological polar surface area (TPSA) is 49.7 Å². The third-order valence-corrected chi connectivity index (χ3v) is 2.16. The van der Waals surface area contributed by atoms with E-state index in [4.69, 9.17) is 14.9 Å². The molecule has 1 aliphatic rings. The highest BCUT2D eigenvalue weighted by atomic mass is 79.9. The van der Waals surface area contributed by atoms with Crippen LogP contribution < -0.4 is 0 Å². The maximum atomic E-state index is 12.6. The average Bonchev–Trinajstić information content (AvgIpc) is 2.17. The molecule has 0 aromatic rings. The zero-order chi connectivity index (χ0) is 7.72. The summed E-state index contributed by atoms with van der Waals surface area (Å²) >= 11 is 2.86. The van der Waals surface area contributed by atoms with Gasteiger partial charge in [0.1, 0.15) is 17.2 Å². The highest BCUT2D eigenvalue weighted by molar-refractivity contribution is 9.09. The first-order valence-electron chi connectivity index (χ1n) is 2.89. The Balaban J connectivity index is 2.53. The lowest BCUT2D eigenvalue weighted by molar-refractivity contribution is -0.00348. The van der Waals surface area contributed by atoms with E-state index >= 15 is 0 Å². The molecular formula is C5H8BrFO3. The average molecular weight is 215 g/mol. The van der Waals surface area contributed by atoms with Crippen LogP contribution in [0.2, 0.25) is 0 Å². The first-order valence-corrected chi connectivity index (χ1v) is 3.81. The van der Waals surface area contributed by atoms with E-state index in [0.717, 1.165) is 0 Å². The minimum absolute atomic E-state index is 0.357. The lowest BCUT2D eigenvalue weighted by Crippen LogP contribution is -2.30. The van der Waals surface area contributed by atoms with E-state index in [9.17, 15) is 4.39 Å². The third kappa shape index (κ3) is 1.32. The Hall–Kier alpha value is 0.290. The van der Waals surface area contributed by atoms with Crippen molar-refractivity contribution in [2.45, 2.75) is 23.4 Å². The maximum Gasteiger partial charge on any atom is 0.164 e. The summed E-state index contributed by atoms with van der Waals surface area (Å²) in [5.41, 5.74) is 0. The highest BCUT2D eigenvalue weighted by Gasteiger charge is 2.42. The van der Waals surface area contributed by atoms with Gasteiger partial charge in [0.05, 0.1) is 6.61 Å². The summed E-state index contributed by atoms with van der Waals surface area (Å²) in [7, 11) is 0. The quantitative estimate of drug-likeness (QED) is 0.595. The molecule has 0 aliphatic carbocycles. The fourth-order valence-corrected chi connectivity index (χ4v) is 1.42. The summed E-state index contributed by atoms with van der Waals surface area (Å²) in [4.78, 5) is 0. The van der Waals surface area contributed by atoms with Gasteiger partial charge in [-0.25, -0.2) is 4.39 Å². The predicted molar refractivity (Wildman–Crippen MR) is 35.6 cm³/mol. The number of aliphatic hydroxyl groups is 2. The fourth-order valence-electron chi connectivity index (χ4n) is 0.834. The van der Waals surface area contributed by atoms with Crippen molar-refractivity contribution in [3.8, 4) is 0 Å². The van der Waals surface area contributed by atoms with Crippen molar-refractivity contribution in [1.82, 2.24) is 0 Å². The van der Waals surface area contributed by atoms with Gasteiger partial charge in [0.25, 0.3) is 0 Å². The molecule has 1 fully saturated rings. The Morgan fingerprint density at radius 1 is 1.60 bits per heavy atom. The van der Waals surface area contributed by atoms with Gasteiger partial charge in [-0.05, 0) is 0 Å². The minimum Gasteiger partial charge on any atom is -0.394 e. The fraction of sp³-hybridized carbons (Fsp3) is 1.00. The van der Waals surface area contributed by atoms with E-state index < -0.39 is 23.4 Å². The molecule has 4 atom stereocenters. The zero-order valence-corrected chi connectivity index (χ0v) is 6.66. The van der Waals surface area contributed by atoms with Gasteiger partial charge in [0.15, 0.2) is 6.17 Å². The first kappa shape index (κ1) is 8.39. The van der Waals surface area contributed by atoms with Crippen LogP contribution in [0, 0.1) is 0 Å². The first-order chi connectivity index (χ1) is 4.66. The van der Waals surface area contributed by atoms with E-state index in [1.165, 1.54) is 0 Å². The van der Waals surface area contributed by atoms with Crippen LogP contribution in [0.5, 0.6) is 0 Å². The molecule has 0 aromatic carbocycles. The van der Waals surface area contributed by atoms with E-state index in [2.05, 4.69) is 15.9 Å². The van der Waals surface area contributed by atoms with Crippen LogP contribution in [-0.2, 0) is 4.74 Å². The molecule has 1 aliphatic heterocycles. The van der Waals surface area contributed by atoms with Crippen molar-refractivity contribution in [2.24, 2.45) is 0 Å². The molecule has 1 saturated heterocycles. The van der Waals surface area contributed by atoms with Gasteiger partial charge < -0.3 is 14.9 Å². The Morgan fingerprint density at radius 2 is 2.20 bits per heavy atom. The molecule has 5 heteroatoms. The monoisotopic (exact) mass is 214 g/mol. The second-order valence-electron chi connectivity index (χ2n) is 2.14. The number of ether oxygens (including phenoxy) is 1. The number of alkyl halides is 2. The van der Waals surface area contributed by atoms with Crippen molar-refractivity contribution in [2.75, 3.05) is 6.61 Å². The summed E-state index contributed by atoms with van der Waals surface area (Å²) in [6.07, 6.45) is -3.45. The summed E-state index contributed by atoms with van der Waals surface area (Å²) in [6, 6.07) is 0. The molecule has 0 amide bonds. The Kier molecular flexibility index (Phi) is 2.62. The van der Waals surface area contributed by atoms with Gasteiger partial charge in [-0.15, -0.1) is 0 Å². The number of hydrogen-bond donors (Lipinski definition) is 2. The standard InChI is InChI=1S/C5H8BrFO3/c6-5-3(7)4(9)2(1-8)10-5/h2-5,8-9H,1H2/t2-,3+,4?,5?/m1/s1. The largest absolute Gasteiger partial charge is 0.394 e. The predicted octanol–water partition coefficient (Wildman–Crippen LogP) is -0.203. The molecular weight excluding hydrogens is 207 g/mol. The molecule has 0 radical (unpaired) electrons. The molecule has 10 heavy (non-hydrogen) atoms. The van der Waals surface area contributed by atoms with Crippen LogP contribution in [-0.4, -0.2) is 40.2 Å². The molecule has 0 spiro atoms. The number of halogens is 2. The van der Waals surface area contributed by atoms with E-state index in [-0.39, 0.29) is 6.61 Å². The lowest BCUT2D eigenvalue weighted by Gasteiger charge is -2.08. The SMILES string of the molecule is OC[C@H]1OC(Br)[C@@H](F)C1O. The van der Waals surface area contributed by atoms with E-state index in [1.807, 2.05) is 0 Å². The third-order valence-electron chi connectivity index (χ3n) is 1.44. The highest BCUT2D eigenvalue weighted by Crippen LogP contribution is 2.27. The molecule has 2 N–H and O–H groups in total. The van der Waals surface area contributed by atoms with Crippen molar-refractivity contribution in [1.29, 1.82) is 0 Å². The van der Waals surface area contributed by atoms with Crippen molar-refractivity contribution < 1.29 is 19.3 Å². The number of rotatable bonds is 1. The second-order valence-corrected chi connectivity index (χ2v) is 3.05. The van der Waals surface area contributed by atoms with Crippen LogP contribution in [0.4, 0.5) is 4.39 Å². The minimum atomic E-state index is -1.45. The van der Waals surface area contributed by atoms with E-state index in [1.54, 1.807) is 0 Å². The molecule has 2 unspecified atom stereocenters. The van der Waals surface area contributed by atoms with Crippen molar-refractivity contribution >= 4 is 15.9 Å². The summed E-state index contributed by atoms with van der Waals surface area (Å²) in [5, 5.41) is 16.6. The molecule has 0 bridgehead atoms. The van der Waals surface area contributed by atoms with Gasteiger partial charge >= 0.3 is 0 Å². The van der Waals surface area contributed by atoms with Gasteiger partial charge in [-0.1, -0.05) is 15.9 Å². The van der Waals surface area contributed by atoms with Crippen LogP contribution in [0.25, 0.3) is 0 Å². The summed E-state index contributed by atoms with van der Waals surface area (Å²) < 4.78 is 17.4. The molecule has 0 saturated carbocycles. The van der Waals surface area contributed by atoms with Crippen LogP contribution in [0.3, 0.4) is 0 Å².